The summed E-state index contributed by atoms with van der Waals surface area (Å²) < 4.78 is 5.84. The molecule has 0 fully saturated rings. The Morgan fingerprint density at radius 1 is 1.30 bits per heavy atom. The van der Waals surface area contributed by atoms with E-state index in [1.807, 2.05) is 36.4 Å². The molecule has 3 rings (SSSR count). The van der Waals surface area contributed by atoms with Crippen molar-refractivity contribution in [1.29, 1.82) is 0 Å². The molecular formula is C16H12BrClN2O2S. The maximum atomic E-state index is 12.2. The average molecular weight is 412 g/mol. The second-order valence-electron chi connectivity index (χ2n) is 4.64. The van der Waals surface area contributed by atoms with E-state index >= 15 is 0 Å². The highest BCUT2D eigenvalue weighted by Crippen LogP contribution is 2.37. The number of hydrogen-bond donors (Lipinski definition) is 1. The second-order valence-corrected chi connectivity index (χ2v) is 6.97. The predicted octanol–water partition coefficient (Wildman–Crippen LogP) is 5.31. The molecule has 23 heavy (non-hydrogen) atoms. The van der Waals surface area contributed by atoms with Gasteiger partial charge in [0.25, 0.3) is 0 Å². The summed E-state index contributed by atoms with van der Waals surface area (Å²) in [6, 6.07) is 11.2. The van der Waals surface area contributed by atoms with Crippen molar-refractivity contribution in [3.05, 3.63) is 51.7 Å². The molecule has 0 amide bonds. The molecule has 7 heteroatoms. The Morgan fingerprint density at radius 2 is 2.04 bits per heavy atom. The lowest BCUT2D eigenvalue weighted by Crippen LogP contribution is -2.06. The fourth-order valence-corrected chi connectivity index (χ4v) is 3.55. The van der Waals surface area contributed by atoms with Crippen LogP contribution in [0.25, 0.3) is 11.0 Å². The first-order valence-electron chi connectivity index (χ1n) is 6.87. The van der Waals surface area contributed by atoms with Gasteiger partial charge in [0.1, 0.15) is 15.9 Å². The zero-order chi connectivity index (χ0) is 16.4. The van der Waals surface area contributed by atoms with Crippen LogP contribution in [-0.4, -0.2) is 22.5 Å². The molecule has 3 aromatic rings. The third-order valence-corrected chi connectivity index (χ3v) is 4.92. The van der Waals surface area contributed by atoms with Crippen molar-refractivity contribution in [2.75, 3.05) is 6.61 Å². The lowest BCUT2D eigenvalue weighted by atomic mass is 10.3. The van der Waals surface area contributed by atoms with Crippen molar-refractivity contribution in [3.63, 3.8) is 0 Å². The fraction of sp³-hybridized carbons (Fsp3) is 0.125. The van der Waals surface area contributed by atoms with Gasteiger partial charge in [-0.1, -0.05) is 23.4 Å². The number of nitrogens with zero attached hydrogens (tertiary/aromatic N) is 1. The van der Waals surface area contributed by atoms with Crippen LogP contribution >= 0.6 is 39.3 Å². The zero-order valence-electron chi connectivity index (χ0n) is 12.1. The van der Waals surface area contributed by atoms with Gasteiger partial charge in [-0.05, 0) is 59.3 Å². The second kappa shape index (κ2) is 6.95. The lowest BCUT2D eigenvalue weighted by molar-refractivity contribution is 0.0516. The predicted molar refractivity (Wildman–Crippen MR) is 95.3 cm³/mol. The number of nitrogens with one attached hydrogen (secondary N) is 1. The number of benzene rings is 1. The van der Waals surface area contributed by atoms with Gasteiger partial charge >= 0.3 is 5.97 Å². The van der Waals surface area contributed by atoms with Crippen LogP contribution in [0.1, 0.15) is 17.4 Å². The molecule has 2 heterocycles. The number of carbonyl (C=O) groups is 1. The van der Waals surface area contributed by atoms with Gasteiger partial charge in [0, 0.05) is 15.3 Å². The number of fused-ring (bicyclic) bond motifs is 1. The summed E-state index contributed by atoms with van der Waals surface area (Å²) in [6.07, 6.45) is 0. The summed E-state index contributed by atoms with van der Waals surface area (Å²) in [4.78, 5) is 21.4. The van der Waals surface area contributed by atoms with Crippen LogP contribution in [0.5, 0.6) is 0 Å². The van der Waals surface area contributed by atoms with E-state index in [2.05, 4.69) is 25.9 Å². The smallest absolute Gasteiger partial charge is 0.355 e. The van der Waals surface area contributed by atoms with Crippen molar-refractivity contribution in [2.24, 2.45) is 0 Å². The van der Waals surface area contributed by atoms with Gasteiger partial charge in [0.2, 0.25) is 0 Å². The summed E-state index contributed by atoms with van der Waals surface area (Å²) in [5.74, 6) is -0.391. The molecular weight excluding hydrogens is 400 g/mol. The van der Waals surface area contributed by atoms with E-state index in [9.17, 15) is 4.79 Å². The number of pyridine rings is 1. The molecule has 0 unspecified atom stereocenters. The standard InChI is InChI=1S/C16H12BrClN2O2S/c1-2-22-16(21)13-14(23-10-5-3-9(18)4-6-10)11-7-8-12(17)19-15(11)20-13/h3-8H,2H2,1H3,(H,19,20). The third-order valence-electron chi connectivity index (χ3n) is 3.09. The van der Waals surface area contributed by atoms with E-state index in [0.29, 0.717) is 27.6 Å². The summed E-state index contributed by atoms with van der Waals surface area (Å²) in [7, 11) is 0. The van der Waals surface area contributed by atoms with E-state index < -0.39 is 5.97 Å². The molecule has 0 aliphatic rings. The highest BCUT2D eigenvalue weighted by Gasteiger charge is 2.20. The Bertz CT molecular complexity index is 864. The summed E-state index contributed by atoms with van der Waals surface area (Å²) in [6.45, 7) is 2.10. The van der Waals surface area contributed by atoms with Crippen LogP contribution in [0.4, 0.5) is 0 Å². The quantitative estimate of drug-likeness (QED) is 0.467. The molecule has 1 aromatic carbocycles. The van der Waals surface area contributed by atoms with E-state index in [4.69, 9.17) is 16.3 Å². The lowest BCUT2D eigenvalue weighted by Gasteiger charge is -2.04. The van der Waals surface area contributed by atoms with Gasteiger partial charge in [-0.2, -0.15) is 0 Å². The Balaban J connectivity index is 2.09. The fourth-order valence-electron chi connectivity index (χ4n) is 2.10. The molecule has 0 saturated carbocycles. The van der Waals surface area contributed by atoms with Crippen LogP contribution in [-0.2, 0) is 4.74 Å². The number of carbonyl (C=O) groups excluding carboxylic acids is 1. The minimum Gasteiger partial charge on any atom is -0.461 e. The molecule has 2 aromatic heterocycles. The minimum atomic E-state index is -0.391. The molecule has 0 spiro atoms. The first-order chi connectivity index (χ1) is 11.1. The number of halogens is 2. The molecule has 0 aliphatic carbocycles. The number of esters is 1. The van der Waals surface area contributed by atoms with E-state index in [1.165, 1.54) is 11.8 Å². The Kier molecular flexibility index (Phi) is 4.94. The maximum absolute atomic E-state index is 12.2. The van der Waals surface area contributed by atoms with E-state index in [1.54, 1.807) is 6.92 Å². The van der Waals surface area contributed by atoms with E-state index in [-0.39, 0.29) is 0 Å². The van der Waals surface area contributed by atoms with Crippen LogP contribution in [0.2, 0.25) is 5.02 Å². The van der Waals surface area contributed by atoms with Gasteiger partial charge in [-0.25, -0.2) is 9.78 Å². The highest BCUT2D eigenvalue weighted by molar-refractivity contribution is 9.10. The van der Waals surface area contributed by atoms with Crippen LogP contribution in [0, 0.1) is 0 Å². The average Bonchev–Trinajstić information content (AvgIpc) is 2.87. The molecule has 0 bridgehead atoms. The summed E-state index contributed by atoms with van der Waals surface area (Å²) >= 11 is 10.7. The molecule has 4 nitrogen and oxygen atoms in total. The molecule has 0 radical (unpaired) electrons. The Labute approximate surface area is 150 Å². The molecule has 118 valence electrons. The summed E-state index contributed by atoms with van der Waals surface area (Å²) in [5, 5.41) is 1.54. The zero-order valence-corrected chi connectivity index (χ0v) is 15.3. The van der Waals surface area contributed by atoms with Crippen molar-refractivity contribution in [1.82, 2.24) is 9.97 Å². The normalized spacial score (nSPS) is 10.9. The number of H-pyrrole nitrogens is 1. The first-order valence-corrected chi connectivity index (χ1v) is 8.86. The van der Waals surface area contributed by atoms with E-state index in [0.717, 1.165) is 15.2 Å². The van der Waals surface area contributed by atoms with Crippen molar-refractivity contribution >= 4 is 56.3 Å². The Hall–Kier alpha value is -1.50. The molecule has 0 atom stereocenters. The summed E-state index contributed by atoms with van der Waals surface area (Å²) in [5.41, 5.74) is 1.05. The SMILES string of the molecule is CCOC(=O)c1[nH]c2nc(Br)ccc2c1Sc1ccc(Cl)cc1. The van der Waals surface area contributed by atoms with Crippen LogP contribution in [0.15, 0.2) is 50.8 Å². The van der Waals surface area contributed by atoms with Crippen LogP contribution < -0.4 is 0 Å². The third kappa shape index (κ3) is 3.54. The van der Waals surface area contributed by atoms with Gasteiger partial charge < -0.3 is 9.72 Å². The van der Waals surface area contributed by atoms with Crippen molar-refractivity contribution in [2.45, 2.75) is 16.7 Å². The highest BCUT2D eigenvalue weighted by atomic mass is 79.9. The number of hydrogen-bond acceptors (Lipinski definition) is 4. The van der Waals surface area contributed by atoms with Gasteiger partial charge in [-0.15, -0.1) is 0 Å². The topological polar surface area (TPSA) is 55.0 Å². The van der Waals surface area contributed by atoms with Gasteiger partial charge in [-0.3, -0.25) is 0 Å². The number of rotatable bonds is 4. The first kappa shape index (κ1) is 16.4. The monoisotopic (exact) mass is 410 g/mol. The number of ether oxygens (including phenoxy) is 1. The largest absolute Gasteiger partial charge is 0.461 e. The van der Waals surface area contributed by atoms with Crippen molar-refractivity contribution in [3.8, 4) is 0 Å². The molecule has 0 saturated heterocycles. The Morgan fingerprint density at radius 3 is 2.74 bits per heavy atom. The molecule has 1 N–H and O–H groups in total. The number of aromatic amines is 1. The number of aromatic nitrogens is 2. The van der Waals surface area contributed by atoms with Crippen molar-refractivity contribution < 1.29 is 9.53 Å². The minimum absolute atomic E-state index is 0.316. The van der Waals surface area contributed by atoms with Crippen LogP contribution in [0.3, 0.4) is 0 Å². The maximum Gasteiger partial charge on any atom is 0.355 e. The van der Waals surface area contributed by atoms with Gasteiger partial charge in [0.05, 0.1) is 11.5 Å². The van der Waals surface area contributed by atoms with Gasteiger partial charge in [0.15, 0.2) is 0 Å². The molecule has 0 aliphatic heterocycles.